The fraction of sp³-hybridized carbons (Fsp3) is 0.533. The minimum atomic E-state index is 0.00907. The van der Waals surface area contributed by atoms with Gasteiger partial charge in [0.05, 0.1) is 6.10 Å². The van der Waals surface area contributed by atoms with Crippen molar-refractivity contribution >= 4 is 5.91 Å². The van der Waals surface area contributed by atoms with Gasteiger partial charge in [0.2, 0.25) is 0 Å². The maximum atomic E-state index is 12.2. The Balaban J connectivity index is 1.99. The molecule has 1 aliphatic rings. The van der Waals surface area contributed by atoms with Crippen molar-refractivity contribution in [3.05, 3.63) is 35.4 Å². The van der Waals surface area contributed by atoms with Crippen LogP contribution < -0.4 is 5.32 Å². The molecule has 18 heavy (non-hydrogen) atoms. The molecule has 0 saturated carbocycles. The van der Waals surface area contributed by atoms with Crippen LogP contribution in [0.3, 0.4) is 0 Å². The SMILES string of the molecule is CC(C)c1ccccc1C(=O)NCC1CCCO1. The van der Waals surface area contributed by atoms with Gasteiger partial charge in [-0.25, -0.2) is 0 Å². The lowest BCUT2D eigenvalue weighted by Crippen LogP contribution is -2.32. The first-order valence-electron chi connectivity index (χ1n) is 6.67. The van der Waals surface area contributed by atoms with Crippen molar-refractivity contribution in [2.45, 2.75) is 38.7 Å². The van der Waals surface area contributed by atoms with Crippen LogP contribution in [0.5, 0.6) is 0 Å². The van der Waals surface area contributed by atoms with E-state index in [2.05, 4.69) is 19.2 Å². The molecule has 0 aromatic heterocycles. The van der Waals surface area contributed by atoms with Gasteiger partial charge in [-0.2, -0.15) is 0 Å². The van der Waals surface area contributed by atoms with Gasteiger partial charge in [-0.3, -0.25) is 4.79 Å². The molecule has 0 bridgehead atoms. The number of hydrogen-bond donors (Lipinski definition) is 1. The molecule has 3 heteroatoms. The Labute approximate surface area is 109 Å². The summed E-state index contributed by atoms with van der Waals surface area (Å²) in [7, 11) is 0. The lowest BCUT2D eigenvalue weighted by Gasteiger charge is -2.14. The number of carbonyl (C=O) groups is 1. The third kappa shape index (κ3) is 3.10. The highest BCUT2D eigenvalue weighted by Crippen LogP contribution is 2.19. The Hall–Kier alpha value is -1.35. The van der Waals surface area contributed by atoms with E-state index in [1.54, 1.807) is 0 Å². The van der Waals surface area contributed by atoms with E-state index in [4.69, 9.17) is 4.74 Å². The summed E-state index contributed by atoms with van der Waals surface area (Å²) >= 11 is 0. The number of benzene rings is 1. The van der Waals surface area contributed by atoms with Crippen LogP contribution in [-0.2, 0) is 4.74 Å². The Morgan fingerprint density at radius 2 is 2.22 bits per heavy atom. The fourth-order valence-electron chi connectivity index (χ4n) is 2.31. The number of amides is 1. The molecule has 1 atom stereocenters. The van der Waals surface area contributed by atoms with Gasteiger partial charge in [0.25, 0.3) is 5.91 Å². The first-order valence-corrected chi connectivity index (χ1v) is 6.67. The summed E-state index contributed by atoms with van der Waals surface area (Å²) in [6.45, 7) is 5.65. The average Bonchev–Trinajstić information content (AvgIpc) is 2.89. The monoisotopic (exact) mass is 247 g/mol. The van der Waals surface area contributed by atoms with Gasteiger partial charge >= 0.3 is 0 Å². The first-order chi connectivity index (χ1) is 8.68. The summed E-state index contributed by atoms with van der Waals surface area (Å²) in [6.07, 6.45) is 2.34. The Morgan fingerprint density at radius 1 is 1.44 bits per heavy atom. The molecule has 1 fully saturated rings. The minimum absolute atomic E-state index is 0.00907. The van der Waals surface area contributed by atoms with Crippen LogP contribution >= 0.6 is 0 Å². The lowest BCUT2D eigenvalue weighted by atomic mass is 9.97. The van der Waals surface area contributed by atoms with Crippen molar-refractivity contribution in [1.82, 2.24) is 5.32 Å². The summed E-state index contributed by atoms with van der Waals surface area (Å²) < 4.78 is 5.50. The summed E-state index contributed by atoms with van der Waals surface area (Å²) in [4.78, 5) is 12.2. The molecule has 1 aromatic carbocycles. The van der Waals surface area contributed by atoms with Gasteiger partial charge in [-0.15, -0.1) is 0 Å². The second-order valence-corrected chi connectivity index (χ2v) is 5.09. The summed E-state index contributed by atoms with van der Waals surface area (Å²) in [5.74, 6) is 0.365. The van der Waals surface area contributed by atoms with Gasteiger partial charge < -0.3 is 10.1 Å². The number of hydrogen-bond acceptors (Lipinski definition) is 2. The van der Waals surface area contributed by atoms with Crippen LogP contribution in [0.4, 0.5) is 0 Å². The normalized spacial score (nSPS) is 19.2. The van der Waals surface area contributed by atoms with Gasteiger partial charge in [0.15, 0.2) is 0 Å². The van der Waals surface area contributed by atoms with Crippen LogP contribution in [0.1, 0.15) is 48.5 Å². The molecule has 1 aromatic rings. The Kier molecular flexibility index (Phi) is 4.37. The van der Waals surface area contributed by atoms with Gasteiger partial charge in [0.1, 0.15) is 0 Å². The summed E-state index contributed by atoms with van der Waals surface area (Å²) in [5.41, 5.74) is 1.88. The third-order valence-corrected chi connectivity index (χ3v) is 3.34. The fourth-order valence-corrected chi connectivity index (χ4v) is 2.31. The average molecular weight is 247 g/mol. The van der Waals surface area contributed by atoms with Crippen molar-refractivity contribution in [3.8, 4) is 0 Å². The topological polar surface area (TPSA) is 38.3 Å². The van der Waals surface area contributed by atoms with Crippen LogP contribution in [0.15, 0.2) is 24.3 Å². The molecule has 1 heterocycles. The molecule has 1 N–H and O–H groups in total. The molecule has 1 saturated heterocycles. The Morgan fingerprint density at radius 3 is 2.89 bits per heavy atom. The van der Waals surface area contributed by atoms with Gasteiger partial charge in [-0.05, 0) is 30.4 Å². The zero-order chi connectivity index (χ0) is 13.0. The van der Waals surface area contributed by atoms with E-state index in [0.29, 0.717) is 12.5 Å². The smallest absolute Gasteiger partial charge is 0.251 e. The van der Waals surface area contributed by atoms with E-state index in [1.165, 1.54) is 0 Å². The van der Waals surface area contributed by atoms with Crippen molar-refractivity contribution in [1.29, 1.82) is 0 Å². The second-order valence-electron chi connectivity index (χ2n) is 5.09. The minimum Gasteiger partial charge on any atom is -0.376 e. The molecule has 0 radical (unpaired) electrons. The highest BCUT2D eigenvalue weighted by molar-refractivity contribution is 5.95. The molecular formula is C15H21NO2. The van der Waals surface area contributed by atoms with Crippen LogP contribution in [0.2, 0.25) is 0 Å². The van der Waals surface area contributed by atoms with Crippen molar-refractivity contribution in [2.75, 3.05) is 13.2 Å². The second kappa shape index (κ2) is 6.01. The lowest BCUT2D eigenvalue weighted by molar-refractivity contribution is 0.0856. The summed E-state index contributed by atoms with van der Waals surface area (Å²) in [6, 6.07) is 7.80. The summed E-state index contributed by atoms with van der Waals surface area (Å²) in [5, 5.41) is 2.97. The molecule has 1 unspecified atom stereocenters. The predicted molar refractivity (Wildman–Crippen MR) is 71.8 cm³/mol. The zero-order valence-electron chi connectivity index (χ0n) is 11.1. The standard InChI is InChI=1S/C15H21NO2/c1-11(2)13-7-3-4-8-14(13)15(17)16-10-12-6-5-9-18-12/h3-4,7-8,11-12H,5-6,9-10H2,1-2H3,(H,16,17). The number of nitrogens with one attached hydrogen (secondary N) is 1. The first kappa shape index (κ1) is 13.1. The molecule has 1 amide bonds. The van der Waals surface area contributed by atoms with Crippen LogP contribution in [0.25, 0.3) is 0 Å². The zero-order valence-corrected chi connectivity index (χ0v) is 11.1. The molecule has 0 spiro atoms. The molecule has 98 valence electrons. The quantitative estimate of drug-likeness (QED) is 0.888. The van der Waals surface area contributed by atoms with Gasteiger partial charge in [0, 0.05) is 18.7 Å². The third-order valence-electron chi connectivity index (χ3n) is 3.34. The molecule has 3 nitrogen and oxygen atoms in total. The van der Waals surface area contributed by atoms with E-state index < -0.39 is 0 Å². The highest BCUT2D eigenvalue weighted by atomic mass is 16.5. The number of rotatable bonds is 4. The maximum Gasteiger partial charge on any atom is 0.251 e. The molecule has 1 aliphatic heterocycles. The molecule has 2 rings (SSSR count). The van der Waals surface area contributed by atoms with E-state index in [1.807, 2.05) is 24.3 Å². The van der Waals surface area contributed by atoms with Crippen molar-refractivity contribution < 1.29 is 9.53 Å². The van der Waals surface area contributed by atoms with Crippen LogP contribution in [-0.4, -0.2) is 25.2 Å². The number of ether oxygens (including phenoxy) is 1. The van der Waals surface area contributed by atoms with E-state index in [9.17, 15) is 4.79 Å². The largest absolute Gasteiger partial charge is 0.376 e. The van der Waals surface area contributed by atoms with Crippen molar-refractivity contribution in [2.24, 2.45) is 0 Å². The molecule has 0 aliphatic carbocycles. The van der Waals surface area contributed by atoms with Gasteiger partial charge in [-0.1, -0.05) is 32.0 Å². The number of carbonyl (C=O) groups excluding carboxylic acids is 1. The highest BCUT2D eigenvalue weighted by Gasteiger charge is 2.18. The maximum absolute atomic E-state index is 12.2. The van der Waals surface area contributed by atoms with Crippen molar-refractivity contribution in [3.63, 3.8) is 0 Å². The van der Waals surface area contributed by atoms with E-state index in [0.717, 1.165) is 30.6 Å². The van der Waals surface area contributed by atoms with E-state index in [-0.39, 0.29) is 12.0 Å². The van der Waals surface area contributed by atoms with Crippen LogP contribution in [0, 0.1) is 0 Å². The van der Waals surface area contributed by atoms with E-state index >= 15 is 0 Å². The molecular weight excluding hydrogens is 226 g/mol. The Bertz CT molecular complexity index is 409. The predicted octanol–water partition coefficient (Wildman–Crippen LogP) is 2.72.